The van der Waals surface area contributed by atoms with E-state index in [2.05, 4.69) is 5.32 Å². The Morgan fingerprint density at radius 1 is 0.983 bits per heavy atom. The van der Waals surface area contributed by atoms with E-state index in [1.54, 1.807) is 62.3 Å². The molecule has 4 aliphatic rings. The van der Waals surface area contributed by atoms with Crippen molar-refractivity contribution >= 4 is 18.0 Å². The highest BCUT2D eigenvalue weighted by molar-refractivity contribution is 5.75. The van der Waals surface area contributed by atoms with E-state index >= 15 is 0 Å². The van der Waals surface area contributed by atoms with Crippen molar-refractivity contribution in [2.24, 2.45) is 17.8 Å². The van der Waals surface area contributed by atoms with Gasteiger partial charge in [0, 0.05) is 32.0 Å². The summed E-state index contributed by atoms with van der Waals surface area (Å²) in [6.07, 6.45) is -9.91. The summed E-state index contributed by atoms with van der Waals surface area (Å²) in [6.45, 7) is 18.4. The monoisotopic (exact) mass is 846 g/mol. The Balaban J connectivity index is 1.95. The number of urea groups is 1. The van der Waals surface area contributed by atoms with Crippen LogP contribution in [0, 0.1) is 17.8 Å². The predicted octanol–water partition coefficient (Wildman–Crippen LogP) is 2.32. The Morgan fingerprint density at radius 2 is 1.63 bits per heavy atom. The maximum atomic E-state index is 14.4. The lowest BCUT2D eigenvalue weighted by Gasteiger charge is -2.50. The summed E-state index contributed by atoms with van der Waals surface area (Å²) in [5.41, 5.74) is -4.93. The Morgan fingerprint density at radius 3 is 2.20 bits per heavy atom. The third-order valence-corrected chi connectivity index (χ3v) is 13.2. The number of hydrogen-bond donors (Lipinski definition) is 5. The number of methoxy groups -OCH3 is 1. The van der Waals surface area contributed by atoms with Gasteiger partial charge < -0.3 is 68.7 Å². The molecule has 342 valence electrons. The molecule has 4 heterocycles. The van der Waals surface area contributed by atoms with Crippen molar-refractivity contribution in [3.05, 3.63) is 0 Å². The van der Waals surface area contributed by atoms with Crippen LogP contribution >= 0.6 is 0 Å². The first kappa shape index (κ1) is 49.5. The fourth-order valence-corrected chi connectivity index (χ4v) is 9.61. The molecule has 5 N–H and O–H groups in total. The van der Waals surface area contributed by atoms with Crippen molar-refractivity contribution in [2.75, 3.05) is 27.7 Å². The molecule has 17 heteroatoms. The van der Waals surface area contributed by atoms with Crippen molar-refractivity contribution < 1.29 is 68.0 Å². The average Bonchev–Trinajstić information content (AvgIpc) is 3.14. The first-order chi connectivity index (χ1) is 27.3. The highest BCUT2D eigenvalue weighted by Gasteiger charge is 2.54. The molecule has 0 aromatic heterocycles. The van der Waals surface area contributed by atoms with E-state index in [0.29, 0.717) is 6.42 Å². The number of aliphatic hydroxyl groups is 4. The van der Waals surface area contributed by atoms with Crippen molar-refractivity contribution in [1.29, 1.82) is 0 Å². The summed E-state index contributed by atoms with van der Waals surface area (Å²) >= 11 is 0. The number of ether oxygens (including phenoxy) is 7. The molecule has 0 aromatic carbocycles. The number of hydrogen-bond acceptors (Lipinski definition) is 15. The van der Waals surface area contributed by atoms with Gasteiger partial charge in [-0.05, 0) is 102 Å². The van der Waals surface area contributed by atoms with Crippen LogP contribution in [0.25, 0.3) is 0 Å². The molecule has 0 aromatic rings. The Hall–Kier alpha value is -2.19. The third-order valence-electron chi connectivity index (χ3n) is 13.2. The first-order valence-electron chi connectivity index (χ1n) is 21.4. The van der Waals surface area contributed by atoms with E-state index in [1.165, 1.54) is 18.9 Å². The van der Waals surface area contributed by atoms with Crippen LogP contribution in [0.1, 0.15) is 108 Å². The molecular weight excluding hydrogens is 770 g/mol. The molecule has 0 saturated carbocycles. The maximum Gasteiger partial charge on any atom is 0.317 e. The van der Waals surface area contributed by atoms with Gasteiger partial charge in [-0.25, -0.2) is 4.79 Å². The molecular formula is C42H75N3O14. The number of cyclic esters (lactones) is 1. The van der Waals surface area contributed by atoms with Gasteiger partial charge in [-0.2, -0.15) is 0 Å². The lowest BCUT2D eigenvalue weighted by atomic mass is 9.76. The molecule has 0 unspecified atom stereocenters. The van der Waals surface area contributed by atoms with E-state index < -0.39 is 114 Å². The number of aliphatic hydroxyl groups excluding tert-OH is 2. The minimum absolute atomic E-state index is 0.0838. The molecule has 4 fully saturated rings. The number of nitrogens with one attached hydrogen (secondary N) is 1. The molecule has 0 radical (unpaired) electrons. The Kier molecular flexibility index (Phi) is 16.3. The van der Waals surface area contributed by atoms with E-state index in [1.807, 2.05) is 25.9 Å². The van der Waals surface area contributed by atoms with Gasteiger partial charge in [0.05, 0.1) is 60.0 Å². The molecule has 4 aliphatic heterocycles. The molecule has 4 saturated heterocycles. The summed E-state index contributed by atoms with van der Waals surface area (Å²) in [6, 6.07) is -2.29. The molecule has 0 spiro atoms. The van der Waals surface area contributed by atoms with Crippen molar-refractivity contribution in [2.45, 2.75) is 205 Å². The van der Waals surface area contributed by atoms with Crippen LogP contribution < -0.4 is 5.32 Å². The summed E-state index contributed by atoms with van der Waals surface area (Å²) in [5.74, 6) is -4.06. The molecule has 18 atom stereocenters. The third kappa shape index (κ3) is 11.1. The summed E-state index contributed by atoms with van der Waals surface area (Å²) in [5, 5.41) is 50.7. The average molecular weight is 846 g/mol. The van der Waals surface area contributed by atoms with Crippen LogP contribution in [0.5, 0.6) is 0 Å². The second-order valence-electron chi connectivity index (χ2n) is 18.9. The van der Waals surface area contributed by atoms with E-state index in [0.717, 1.165) is 0 Å². The summed E-state index contributed by atoms with van der Waals surface area (Å²) < 4.78 is 44.3. The van der Waals surface area contributed by atoms with Crippen LogP contribution in [0.2, 0.25) is 0 Å². The smallest absolute Gasteiger partial charge is 0.317 e. The number of rotatable bonds is 6. The van der Waals surface area contributed by atoms with Gasteiger partial charge in [0.25, 0.3) is 0 Å². The largest absolute Gasteiger partial charge is 0.459 e. The number of likely N-dealkylation sites (N-methyl/N-ethyl adjacent to an activating group) is 1. The van der Waals surface area contributed by atoms with Crippen LogP contribution in [0.3, 0.4) is 0 Å². The Labute approximate surface area is 350 Å². The van der Waals surface area contributed by atoms with E-state index in [-0.39, 0.29) is 50.4 Å². The van der Waals surface area contributed by atoms with Gasteiger partial charge in [-0.3, -0.25) is 9.59 Å². The number of esters is 2. The summed E-state index contributed by atoms with van der Waals surface area (Å²) in [4.78, 5) is 45.7. The predicted molar refractivity (Wildman–Crippen MR) is 215 cm³/mol. The fourth-order valence-electron chi connectivity index (χ4n) is 9.61. The van der Waals surface area contributed by atoms with Crippen molar-refractivity contribution in [3.8, 4) is 0 Å². The minimum Gasteiger partial charge on any atom is -0.459 e. The zero-order valence-electron chi connectivity index (χ0n) is 37.7. The second-order valence-corrected chi connectivity index (χ2v) is 18.9. The van der Waals surface area contributed by atoms with E-state index in [9.17, 15) is 34.8 Å². The minimum atomic E-state index is -2.07. The van der Waals surface area contributed by atoms with Gasteiger partial charge in [-0.15, -0.1) is 0 Å². The Bertz CT molecular complexity index is 1430. The normalized spacial score (nSPS) is 45.8. The van der Waals surface area contributed by atoms with Gasteiger partial charge in [0.2, 0.25) is 0 Å². The van der Waals surface area contributed by atoms with Gasteiger partial charge in [-0.1, -0.05) is 13.8 Å². The molecule has 59 heavy (non-hydrogen) atoms. The van der Waals surface area contributed by atoms with Gasteiger partial charge in [0.15, 0.2) is 18.7 Å². The quantitative estimate of drug-likeness (QED) is 0.243. The number of fused-ring (bicyclic) bond motifs is 4. The maximum absolute atomic E-state index is 14.4. The molecule has 17 nitrogen and oxygen atoms in total. The second kappa shape index (κ2) is 19.5. The number of carbonyl (C=O) groups is 3. The SMILES string of the molecule is CC[C@H]1OC(=O)[C@H](C)[C@@H](O[C@H]2C[C@@](C)(OC)[C@@H](O)[C@H](C)O2)[C@H](C)[C@H]2O[C@@H]3O[C@H](C)C[C@H](N(C)C)[C@H]3OC(=O)C[C@@H](CN(C(=O)NC(C)C)[C@H](C)[C@@H](O)[C@]1(C)O)C[C@@]2(C)O. The van der Waals surface area contributed by atoms with Gasteiger partial charge >= 0.3 is 18.0 Å². The summed E-state index contributed by atoms with van der Waals surface area (Å²) in [7, 11) is 5.23. The fraction of sp³-hybridized carbons (Fsp3) is 0.929. The zero-order valence-corrected chi connectivity index (χ0v) is 37.7. The molecule has 2 amide bonds. The van der Waals surface area contributed by atoms with Crippen molar-refractivity contribution in [1.82, 2.24) is 15.1 Å². The lowest BCUT2D eigenvalue weighted by molar-refractivity contribution is -0.320. The van der Waals surface area contributed by atoms with E-state index in [4.69, 9.17) is 33.2 Å². The first-order valence-corrected chi connectivity index (χ1v) is 21.4. The number of nitrogens with zero attached hydrogens (tertiary/aromatic N) is 2. The standard InChI is InChI=1S/C42H75N3O14/c1-15-29-42(11,52)34(47)25(7)45(39(50)43-21(2)3)20-27-17-30(46)57-33-28(44(12)13)16-22(4)54-38(33)59-36(40(9,51)18-27)23(5)32(24(6)37(49)56-29)58-31-19-41(10,53-14)35(48)26(8)55-31/h21-29,31-36,38,47-48,51-52H,15-20H2,1-14H3,(H,43,50)/t22-,23+,24-,25-,26+,27-,28+,29-,31+,32+,33-,34-,35+,36-,38+,40-,41-,42-/m1/s1. The topological polar surface area (TPSA) is 215 Å². The highest BCUT2D eigenvalue weighted by atomic mass is 16.7. The van der Waals surface area contributed by atoms with Crippen LogP contribution in [0.15, 0.2) is 0 Å². The molecule has 2 bridgehead atoms. The number of carbonyl (C=O) groups excluding carboxylic acids is 3. The van der Waals surface area contributed by atoms with Crippen LogP contribution in [-0.4, -0.2) is 172 Å². The molecule has 0 aliphatic carbocycles. The van der Waals surface area contributed by atoms with Gasteiger partial charge in [0.1, 0.15) is 23.9 Å². The number of amides is 2. The lowest BCUT2D eigenvalue weighted by Crippen LogP contribution is -2.62. The zero-order chi connectivity index (χ0) is 44.5. The molecule has 4 rings (SSSR count). The van der Waals surface area contributed by atoms with Crippen LogP contribution in [0.4, 0.5) is 4.79 Å². The van der Waals surface area contributed by atoms with Crippen LogP contribution in [-0.2, 0) is 42.7 Å². The van der Waals surface area contributed by atoms with Crippen molar-refractivity contribution in [3.63, 3.8) is 0 Å². The highest BCUT2D eigenvalue weighted by Crippen LogP contribution is 2.41.